The van der Waals surface area contributed by atoms with Crippen molar-refractivity contribution < 1.29 is 22.7 Å². The van der Waals surface area contributed by atoms with Crippen molar-refractivity contribution in [2.45, 2.75) is 17.7 Å². The van der Waals surface area contributed by atoms with Crippen molar-refractivity contribution in [1.82, 2.24) is 14.2 Å². The van der Waals surface area contributed by atoms with Crippen molar-refractivity contribution in [3.05, 3.63) is 41.4 Å². The first-order valence-corrected chi connectivity index (χ1v) is 14.5. The van der Waals surface area contributed by atoms with Crippen molar-refractivity contribution in [2.75, 3.05) is 59.4 Å². The zero-order valence-electron chi connectivity index (χ0n) is 21.3. The summed E-state index contributed by atoms with van der Waals surface area (Å²) in [5.41, 5.74) is 0.623. The topological polar surface area (TPSA) is 92.3 Å². The summed E-state index contributed by atoms with van der Waals surface area (Å²) in [4.78, 5) is 22.4. The van der Waals surface area contributed by atoms with Gasteiger partial charge in [-0.3, -0.25) is 9.69 Å². The van der Waals surface area contributed by atoms with E-state index in [2.05, 4.69) is 0 Å². The lowest BCUT2D eigenvalue weighted by molar-refractivity contribution is -0.123. The average Bonchev–Trinajstić information content (AvgIpc) is 3.35. The van der Waals surface area contributed by atoms with Crippen LogP contribution in [0.2, 0.25) is 5.02 Å². The van der Waals surface area contributed by atoms with E-state index in [1.54, 1.807) is 48.4 Å². The van der Waals surface area contributed by atoms with Crippen molar-refractivity contribution in [1.29, 1.82) is 0 Å². The number of sulfonamides is 1. The van der Waals surface area contributed by atoms with Gasteiger partial charge in [0, 0.05) is 32.1 Å². The zero-order valence-corrected chi connectivity index (χ0v) is 23.7. The number of hydrogen-bond acceptors (Lipinski definition) is 8. The van der Waals surface area contributed by atoms with E-state index in [9.17, 15) is 13.2 Å². The van der Waals surface area contributed by atoms with Gasteiger partial charge >= 0.3 is 0 Å². The Labute approximate surface area is 226 Å². The van der Waals surface area contributed by atoms with Crippen LogP contribution in [-0.2, 0) is 14.8 Å². The van der Waals surface area contributed by atoms with Crippen LogP contribution in [0.25, 0.3) is 10.2 Å². The SMILES string of the molecule is COc1ccc(S(=O)(=O)N2CCC(C(=O)N(CCN(C)C)c3nc4c(OC)ccc(Cl)c4s3)CC2)cc1. The van der Waals surface area contributed by atoms with Gasteiger partial charge in [-0.1, -0.05) is 22.9 Å². The highest BCUT2D eigenvalue weighted by molar-refractivity contribution is 7.89. The number of anilines is 1. The second kappa shape index (κ2) is 11.5. The number of nitrogens with zero attached hydrogens (tertiary/aromatic N) is 4. The molecular weight excluding hydrogens is 536 g/mol. The molecule has 2 heterocycles. The lowest BCUT2D eigenvalue weighted by atomic mass is 9.96. The first kappa shape index (κ1) is 27.6. The van der Waals surface area contributed by atoms with Gasteiger partial charge in [0.2, 0.25) is 15.9 Å². The first-order valence-electron chi connectivity index (χ1n) is 11.9. The molecule has 1 fully saturated rings. The number of amides is 1. The lowest BCUT2D eigenvalue weighted by Gasteiger charge is -2.33. The third-order valence-corrected chi connectivity index (χ3v) is 9.89. The van der Waals surface area contributed by atoms with Crippen molar-refractivity contribution in [3.63, 3.8) is 0 Å². The Balaban J connectivity index is 1.53. The number of benzene rings is 2. The van der Waals surface area contributed by atoms with Gasteiger partial charge in [-0.05, 0) is 63.3 Å². The number of fused-ring (bicyclic) bond motifs is 1. The summed E-state index contributed by atoms with van der Waals surface area (Å²) in [5, 5.41) is 1.11. The van der Waals surface area contributed by atoms with Crippen LogP contribution in [0.3, 0.4) is 0 Å². The van der Waals surface area contributed by atoms with Crippen LogP contribution in [0.4, 0.5) is 5.13 Å². The molecule has 0 aliphatic carbocycles. The molecule has 0 radical (unpaired) electrons. The fourth-order valence-electron chi connectivity index (χ4n) is 4.28. The molecule has 1 aliphatic heterocycles. The molecule has 1 saturated heterocycles. The van der Waals surface area contributed by atoms with Crippen molar-refractivity contribution in [2.24, 2.45) is 5.92 Å². The number of rotatable bonds is 9. The lowest BCUT2D eigenvalue weighted by Crippen LogP contribution is -2.46. The maximum absolute atomic E-state index is 13.8. The van der Waals surface area contributed by atoms with E-state index in [0.29, 0.717) is 53.1 Å². The number of piperidine rings is 1. The standard InChI is InChI=1S/C25H31ClN4O5S2/c1-28(2)15-16-30(25-27-22-21(35-4)10-9-20(26)23(22)36-25)24(31)17-11-13-29(14-12-17)37(32,33)19-7-5-18(34-3)6-8-19/h5-10,17H,11-16H2,1-4H3. The quantitative estimate of drug-likeness (QED) is 0.387. The second-order valence-corrected chi connectivity index (χ2v) is 12.4. The number of aromatic nitrogens is 1. The summed E-state index contributed by atoms with van der Waals surface area (Å²) in [6.45, 7) is 1.64. The number of carbonyl (C=O) groups excluding carboxylic acids is 1. The molecule has 1 aliphatic rings. The van der Waals surface area contributed by atoms with Crippen LogP contribution in [0, 0.1) is 5.92 Å². The molecule has 0 saturated carbocycles. The summed E-state index contributed by atoms with van der Waals surface area (Å²) in [6.07, 6.45) is 0.864. The van der Waals surface area contributed by atoms with Crippen LogP contribution < -0.4 is 14.4 Å². The van der Waals surface area contributed by atoms with E-state index < -0.39 is 10.0 Å². The molecule has 2 aromatic carbocycles. The Bertz CT molecular complexity index is 1350. The van der Waals surface area contributed by atoms with E-state index in [1.165, 1.54) is 22.8 Å². The van der Waals surface area contributed by atoms with E-state index >= 15 is 0 Å². The molecule has 0 unspecified atom stereocenters. The van der Waals surface area contributed by atoms with E-state index in [1.807, 2.05) is 19.0 Å². The van der Waals surface area contributed by atoms with Crippen LogP contribution in [0.5, 0.6) is 11.5 Å². The first-order chi connectivity index (χ1) is 17.6. The molecule has 0 N–H and O–H groups in total. The summed E-state index contributed by atoms with van der Waals surface area (Å²) in [5.74, 6) is 0.820. The molecule has 0 bridgehead atoms. The number of methoxy groups -OCH3 is 2. The third kappa shape index (κ3) is 5.85. The van der Waals surface area contributed by atoms with Gasteiger partial charge in [-0.15, -0.1) is 0 Å². The van der Waals surface area contributed by atoms with E-state index in [4.69, 9.17) is 26.1 Å². The molecule has 4 rings (SSSR count). The van der Waals surface area contributed by atoms with Gasteiger partial charge in [0.1, 0.15) is 17.0 Å². The molecule has 12 heteroatoms. The van der Waals surface area contributed by atoms with Gasteiger partial charge in [-0.25, -0.2) is 13.4 Å². The molecule has 37 heavy (non-hydrogen) atoms. The number of hydrogen-bond donors (Lipinski definition) is 0. The Morgan fingerprint density at radius 1 is 1.08 bits per heavy atom. The molecule has 0 atom stereocenters. The minimum absolute atomic E-state index is 0.0579. The van der Waals surface area contributed by atoms with Crippen molar-refractivity contribution in [3.8, 4) is 11.5 Å². The normalized spacial score (nSPS) is 15.3. The number of halogens is 1. The second-order valence-electron chi connectivity index (χ2n) is 9.07. The van der Waals surface area contributed by atoms with Crippen LogP contribution >= 0.6 is 22.9 Å². The largest absolute Gasteiger partial charge is 0.497 e. The molecule has 1 aromatic heterocycles. The molecule has 1 amide bonds. The highest BCUT2D eigenvalue weighted by atomic mass is 35.5. The molecule has 200 valence electrons. The number of ether oxygens (including phenoxy) is 2. The van der Waals surface area contributed by atoms with Crippen LogP contribution in [-0.4, -0.2) is 83.0 Å². The van der Waals surface area contributed by atoms with Crippen molar-refractivity contribution >= 4 is 54.2 Å². The number of thiazole rings is 1. The van der Waals surface area contributed by atoms with Gasteiger partial charge in [0.15, 0.2) is 5.13 Å². The fourth-order valence-corrected chi connectivity index (χ4v) is 7.04. The molecule has 9 nitrogen and oxygen atoms in total. The monoisotopic (exact) mass is 566 g/mol. The number of likely N-dealkylation sites (N-methyl/N-ethyl adjacent to an activating group) is 1. The predicted octanol–water partition coefficient (Wildman–Crippen LogP) is 3.96. The maximum Gasteiger partial charge on any atom is 0.243 e. The molecule has 3 aromatic rings. The Hall–Kier alpha value is -2.44. The highest BCUT2D eigenvalue weighted by Crippen LogP contribution is 2.39. The summed E-state index contributed by atoms with van der Waals surface area (Å²) in [6, 6.07) is 9.87. The molecule has 0 spiro atoms. The third-order valence-electron chi connectivity index (χ3n) is 6.44. The minimum Gasteiger partial charge on any atom is -0.497 e. The fraction of sp³-hybridized carbons (Fsp3) is 0.440. The van der Waals surface area contributed by atoms with Crippen LogP contribution in [0.1, 0.15) is 12.8 Å². The van der Waals surface area contributed by atoms with E-state index in [-0.39, 0.29) is 29.8 Å². The maximum atomic E-state index is 13.8. The minimum atomic E-state index is -3.65. The number of carbonyl (C=O) groups is 1. The Morgan fingerprint density at radius 3 is 2.35 bits per heavy atom. The highest BCUT2D eigenvalue weighted by Gasteiger charge is 2.35. The van der Waals surface area contributed by atoms with Gasteiger partial charge in [0.25, 0.3) is 0 Å². The molecular formula is C25H31ClN4O5S2. The average molecular weight is 567 g/mol. The summed E-state index contributed by atoms with van der Waals surface area (Å²) in [7, 11) is 3.35. The zero-order chi connectivity index (χ0) is 26.7. The Kier molecular flexibility index (Phi) is 8.59. The van der Waals surface area contributed by atoms with Crippen LogP contribution in [0.15, 0.2) is 41.3 Å². The van der Waals surface area contributed by atoms with Gasteiger partial charge < -0.3 is 14.4 Å². The Morgan fingerprint density at radius 2 is 1.76 bits per heavy atom. The van der Waals surface area contributed by atoms with Gasteiger partial charge in [0.05, 0.1) is 28.8 Å². The van der Waals surface area contributed by atoms with E-state index in [0.717, 1.165) is 4.70 Å². The van der Waals surface area contributed by atoms with Gasteiger partial charge in [-0.2, -0.15) is 4.31 Å². The summed E-state index contributed by atoms with van der Waals surface area (Å²) >= 11 is 7.78. The predicted molar refractivity (Wildman–Crippen MR) is 147 cm³/mol. The summed E-state index contributed by atoms with van der Waals surface area (Å²) < 4.78 is 39.1. The smallest absolute Gasteiger partial charge is 0.243 e.